The molecule has 2 saturated heterocycles. The number of nitrogens with one attached hydrogen (secondary N) is 1. The maximum atomic E-state index is 12.1. The zero-order valence-electron chi connectivity index (χ0n) is 11.3. The van der Waals surface area contributed by atoms with Crippen molar-refractivity contribution in [2.45, 2.75) is 38.0 Å². The number of ether oxygens (including phenoxy) is 1. The minimum atomic E-state index is 0.0199. The average molecular weight is 270 g/mol. The molecule has 2 atom stereocenters. The second kappa shape index (κ2) is 4.63. The number of H-pyrrole nitrogens is 1. The molecule has 2 aliphatic rings. The van der Waals surface area contributed by atoms with Crippen molar-refractivity contribution < 1.29 is 9.53 Å². The first-order valence-corrected chi connectivity index (χ1v) is 7.31. The van der Waals surface area contributed by atoms with Crippen molar-refractivity contribution in [3.8, 4) is 0 Å². The van der Waals surface area contributed by atoms with Crippen LogP contribution in [-0.4, -0.2) is 34.7 Å². The summed E-state index contributed by atoms with van der Waals surface area (Å²) in [6.07, 6.45) is 5.56. The molecule has 1 aromatic heterocycles. The molecule has 1 N–H and O–H groups in total. The molecule has 1 unspecified atom stereocenters. The largest absolute Gasteiger partial charge is 0.361 e. The van der Waals surface area contributed by atoms with Crippen LogP contribution in [0, 0.1) is 0 Å². The van der Waals surface area contributed by atoms with Crippen LogP contribution >= 0.6 is 0 Å². The number of benzene rings is 1. The molecule has 2 fully saturated rings. The molecule has 1 aromatic carbocycles. The lowest BCUT2D eigenvalue weighted by atomic mass is 10.0. The summed E-state index contributed by atoms with van der Waals surface area (Å²) in [4.78, 5) is 17.4. The average Bonchev–Trinajstić information content (AvgIpc) is 3.06. The van der Waals surface area contributed by atoms with E-state index in [9.17, 15) is 4.79 Å². The molecule has 4 heteroatoms. The summed E-state index contributed by atoms with van der Waals surface area (Å²) in [6, 6.07) is 8.49. The monoisotopic (exact) mass is 270 g/mol. The number of nitrogens with zero attached hydrogens (tertiary/aromatic N) is 1. The number of piperidine rings is 1. The molecule has 4 nitrogen and oxygen atoms in total. The highest BCUT2D eigenvalue weighted by atomic mass is 16.5. The predicted octanol–water partition coefficient (Wildman–Crippen LogP) is 2.45. The maximum Gasteiger partial charge on any atom is 0.224 e. The molecular weight excluding hydrogens is 252 g/mol. The second-order valence-corrected chi connectivity index (χ2v) is 5.70. The van der Waals surface area contributed by atoms with Gasteiger partial charge in [0.25, 0.3) is 0 Å². The Morgan fingerprint density at radius 1 is 1.35 bits per heavy atom. The number of carbonyl (C=O) groups is 1. The van der Waals surface area contributed by atoms with Gasteiger partial charge in [0, 0.05) is 23.5 Å². The van der Waals surface area contributed by atoms with Gasteiger partial charge in [-0.25, -0.2) is 0 Å². The summed E-state index contributed by atoms with van der Waals surface area (Å²) in [7, 11) is 0. The third kappa shape index (κ3) is 1.83. The van der Waals surface area contributed by atoms with Gasteiger partial charge in [0.05, 0.1) is 12.6 Å². The number of hydrogen-bond acceptors (Lipinski definition) is 2. The summed E-state index contributed by atoms with van der Waals surface area (Å²) in [5, 5.41) is 1.25. The van der Waals surface area contributed by atoms with Crippen molar-refractivity contribution >= 4 is 16.8 Å². The van der Waals surface area contributed by atoms with E-state index in [0.717, 1.165) is 24.8 Å². The topological polar surface area (TPSA) is 45.3 Å². The predicted molar refractivity (Wildman–Crippen MR) is 76.2 cm³/mol. The molecule has 0 aliphatic carbocycles. The number of carbonyl (C=O) groups excluding carboxylic acids is 1. The molecule has 1 amide bonds. The van der Waals surface area contributed by atoms with Crippen LogP contribution < -0.4 is 0 Å². The molecule has 0 bridgehead atoms. The summed E-state index contributed by atoms with van der Waals surface area (Å²) >= 11 is 0. The van der Waals surface area contributed by atoms with Gasteiger partial charge in [-0.3, -0.25) is 4.79 Å². The van der Waals surface area contributed by atoms with E-state index in [4.69, 9.17) is 4.74 Å². The molecular formula is C16H18N2O2. The number of hydrogen-bond donors (Lipinski definition) is 1. The van der Waals surface area contributed by atoms with Crippen LogP contribution in [-0.2, 0) is 16.0 Å². The zero-order chi connectivity index (χ0) is 13.5. The van der Waals surface area contributed by atoms with Crippen LogP contribution in [0.5, 0.6) is 0 Å². The molecule has 4 rings (SSSR count). The highest BCUT2D eigenvalue weighted by Gasteiger charge is 2.39. The van der Waals surface area contributed by atoms with Gasteiger partial charge in [0.15, 0.2) is 0 Å². The van der Waals surface area contributed by atoms with Crippen molar-refractivity contribution in [1.82, 2.24) is 9.88 Å². The Morgan fingerprint density at radius 2 is 2.25 bits per heavy atom. The van der Waals surface area contributed by atoms with E-state index < -0.39 is 0 Å². The van der Waals surface area contributed by atoms with E-state index in [-0.39, 0.29) is 18.2 Å². The lowest BCUT2D eigenvalue weighted by molar-refractivity contribution is -0.142. The van der Waals surface area contributed by atoms with Gasteiger partial charge < -0.3 is 14.6 Å². The van der Waals surface area contributed by atoms with Gasteiger partial charge in [-0.05, 0) is 30.9 Å². The standard InChI is InChI=1S/C16H18N2O2/c19-15-6-3-7-16-18(15)12(10-20-16)8-11-9-17-14-5-2-1-4-13(11)14/h1-2,4-5,9,12,16-17H,3,6-8,10H2/t12-,16?/m1/s1. The van der Waals surface area contributed by atoms with Gasteiger partial charge in [-0.1, -0.05) is 18.2 Å². The third-order valence-electron chi connectivity index (χ3n) is 4.44. The Morgan fingerprint density at radius 3 is 3.20 bits per heavy atom. The number of aromatic nitrogens is 1. The lowest BCUT2D eigenvalue weighted by Crippen LogP contribution is -2.45. The van der Waals surface area contributed by atoms with Gasteiger partial charge >= 0.3 is 0 Å². The van der Waals surface area contributed by atoms with E-state index in [2.05, 4.69) is 29.4 Å². The smallest absolute Gasteiger partial charge is 0.224 e. The Balaban J connectivity index is 1.61. The quantitative estimate of drug-likeness (QED) is 0.911. The minimum absolute atomic E-state index is 0.0199. The van der Waals surface area contributed by atoms with E-state index in [1.165, 1.54) is 10.9 Å². The van der Waals surface area contributed by atoms with Crippen LogP contribution in [0.1, 0.15) is 24.8 Å². The van der Waals surface area contributed by atoms with Crippen LogP contribution in [0.3, 0.4) is 0 Å². The fourth-order valence-corrected chi connectivity index (χ4v) is 3.47. The van der Waals surface area contributed by atoms with Crippen molar-refractivity contribution in [3.63, 3.8) is 0 Å². The minimum Gasteiger partial charge on any atom is -0.361 e. The third-order valence-corrected chi connectivity index (χ3v) is 4.44. The summed E-state index contributed by atoms with van der Waals surface area (Å²) in [5.41, 5.74) is 2.43. The molecule has 0 radical (unpaired) electrons. The normalized spacial score (nSPS) is 26.2. The van der Waals surface area contributed by atoms with Crippen molar-refractivity contribution in [1.29, 1.82) is 0 Å². The van der Waals surface area contributed by atoms with Gasteiger partial charge in [0.2, 0.25) is 5.91 Å². The number of fused-ring (bicyclic) bond motifs is 2. The SMILES string of the molecule is O=C1CCCC2OC[C@@H](Cc3c[nH]c4ccccc34)N12. The van der Waals surface area contributed by atoms with Crippen molar-refractivity contribution in [2.75, 3.05) is 6.61 Å². The first-order chi connectivity index (χ1) is 9.83. The highest BCUT2D eigenvalue weighted by molar-refractivity contribution is 5.83. The molecule has 0 spiro atoms. The fourth-order valence-electron chi connectivity index (χ4n) is 3.47. The van der Waals surface area contributed by atoms with Gasteiger partial charge in [-0.15, -0.1) is 0 Å². The van der Waals surface area contributed by atoms with Crippen molar-refractivity contribution in [3.05, 3.63) is 36.0 Å². The summed E-state index contributed by atoms with van der Waals surface area (Å²) < 4.78 is 5.80. The molecule has 0 saturated carbocycles. The Hall–Kier alpha value is -1.81. The number of para-hydroxylation sites is 1. The first kappa shape index (κ1) is 12.0. The number of amides is 1. The Kier molecular flexibility index (Phi) is 2.77. The molecule has 3 heterocycles. The highest BCUT2D eigenvalue weighted by Crippen LogP contribution is 2.30. The molecule has 2 aliphatic heterocycles. The summed E-state index contributed by atoms with van der Waals surface area (Å²) in [6.45, 7) is 0.663. The lowest BCUT2D eigenvalue weighted by Gasteiger charge is -2.31. The number of rotatable bonds is 2. The summed E-state index contributed by atoms with van der Waals surface area (Å²) in [5.74, 6) is 0.253. The van der Waals surface area contributed by atoms with E-state index in [0.29, 0.717) is 13.0 Å². The molecule has 104 valence electrons. The molecule has 2 aromatic rings. The van der Waals surface area contributed by atoms with Crippen LogP contribution in [0.15, 0.2) is 30.5 Å². The number of aromatic amines is 1. The van der Waals surface area contributed by atoms with Crippen LogP contribution in [0.4, 0.5) is 0 Å². The fraction of sp³-hybridized carbons (Fsp3) is 0.438. The molecule has 20 heavy (non-hydrogen) atoms. The van der Waals surface area contributed by atoms with E-state index >= 15 is 0 Å². The Bertz CT molecular complexity index is 649. The van der Waals surface area contributed by atoms with Gasteiger partial charge in [-0.2, -0.15) is 0 Å². The first-order valence-electron chi connectivity index (χ1n) is 7.31. The van der Waals surface area contributed by atoms with Crippen LogP contribution in [0.2, 0.25) is 0 Å². The Labute approximate surface area is 117 Å². The zero-order valence-corrected chi connectivity index (χ0v) is 11.3. The van der Waals surface area contributed by atoms with Crippen LogP contribution in [0.25, 0.3) is 10.9 Å². The second-order valence-electron chi connectivity index (χ2n) is 5.70. The van der Waals surface area contributed by atoms with E-state index in [1.54, 1.807) is 0 Å². The van der Waals surface area contributed by atoms with Gasteiger partial charge in [0.1, 0.15) is 6.23 Å². The van der Waals surface area contributed by atoms with Crippen molar-refractivity contribution in [2.24, 2.45) is 0 Å². The maximum absolute atomic E-state index is 12.1. The van der Waals surface area contributed by atoms with E-state index in [1.807, 2.05) is 11.0 Å².